The Morgan fingerprint density at radius 3 is 2.76 bits per heavy atom. The molecule has 1 aromatic heterocycles. The van der Waals surface area contributed by atoms with Gasteiger partial charge in [-0.3, -0.25) is 0 Å². The highest BCUT2D eigenvalue weighted by atomic mass is 32.2. The zero-order valence-corrected chi connectivity index (χ0v) is 12.6. The summed E-state index contributed by atoms with van der Waals surface area (Å²) in [4.78, 5) is 7.07. The summed E-state index contributed by atoms with van der Waals surface area (Å²) in [6, 6.07) is 17.2. The summed E-state index contributed by atoms with van der Waals surface area (Å²) in [6.45, 7) is 0. The van der Waals surface area contributed by atoms with Crippen LogP contribution in [-0.2, 0) is 0 Å². The summed E-state index contributed by atoms with van der Waals surface area (Å²) >= 11 is 3.52. The molecule has 3 aromatic carbocycles. The second-order valence-corrected chi connectivity index (χ2v) is 6.99. The van der Waals surface area contributed by atoms with E-state index in [4.69, 9.17) is 0 Å². The van der Waals surface area contributed by atoms with Crippen LogP contribution in [-0.4, -0.2) is 4.98 Å². The van der Waals surface area contributed by atoms with Crippen molar-refractivity contribution in [2.24, 2.45) is 0 Å². The summed E-state index contributed by atoms with van der Waals surface area (Å²) in [7, 11) is 0. The van der Waals surface area contributed by atoms with Gasteiger partial charge in [-0.05, 0) is 24.3 Å². The summed E-state index contributed by atoms with van der Waals surface area (Å²) in [5.41, 5.74) is 5.40. The molecule has 0 amide bonds. The third-order valence-electron chi connectivity index (χ3n) is 3.83. The van der Waals surface area contributed by atoms with Gasteiger partial charge in [-0.1, -0.05) is 36.0 Å². The van der Waals surface area contributed by atoms with Gasteiger partial charge in [-0.25, -0.2) is 4.98 Å². The normalized spacial score (nSPS) is 13.0. The molecule has 5 rings (SSSR count). The van der Waals surface area contributed by atoms with Gasteiger partial charge in [0.1, 0.15) is 0 Å². The lowest BCUT2D eigenvalue weighted by atomic mass is 10.1. The molecule has 0 atom stereocenters. The Morgan fingerprint density at radius 2 is 1.76 bits per heavy atom. The van der Waals surface area contributed by atoms with E-state index in [9.17, 15) is 0 Å². The van der Waals surface area contributed by atoms with Gasteiger partial charge >= 0.3 is 0 Å². The minimum absolute atomic E-state index is 1.10. The standard InChI is InChI=1S/C17H10N2S2/c1-2-4-13-12(3-1)19-17-11-5-7-14-16(18-9-20-14)10(11)6-8-15(17)21-13/h1-9,19H. The first kappa shape index (κ1) is 11.6. The second-order valence-electron chi connectivity index (χ2n) is 5.02. The lowest BCUT2D eigenvalue weighted by molar-refractivity contribution is 1.33. The number of anilines is 2. The van der Waals surface area contributed by atoms with Crippen LogP contribution in [0, 0.1) is 0 Å². The fourth-order valence-corrected chi connectivity index (χ4v) is 4.54. The molecule has 0 fully saturated rings. The van der Waals surface area contributed by atoms with Gasteiger partial charge in [0.05, 0.1) is 27.1 Å². The highest BCUT2D eigenvalue weighted by Crippen LogP contribution is 2.47. The van der Waals surface area contributed by atoms with Crippen molar-refractivity contribution in [3.05, 3.63) is 54.0 Å². The van der Waals surface area contributed by atoms with Crippen molar-refractivity contribution in [2.75, 3.05) is 5.32 Å². The number of hydrogen-bond acceptors (Lipinski definition) is 4. The zero-order chi connectivity index (χ0) is 13.8. The van der Waals surface area contributed by atoms with Crippen molar-refractivity contribution in [2.45, 2.75) is 9.79 Å². The Labute approximate surface area is 129 Å². The second kappa shape index (κ2) is 4.23. The predicted molar refractivity (Wildman–Crippen MR) is 91.0 cm³/mol. The number of aromatic nitrogens is 1. The van der Waals surface area contributed by atoms with Crippen LogP contribution in [0.25, 0.3) is 21.0 Å². The molecule has 1 aliphatic rings. The van der Waals surface area contributed by atoms with E-state index in [1.807, 2.05) is 17.3 Å². The Balaban J connectivity index is 1.83. The molecule has 21 heavy (non-hydrogen) atoms. The van der Waals surface area contributed by atoms with Crippen LogP contribution in [0.1, 0.15) is 0 Å². The van der Waals surface area contributed by atoms with Gasteiger partial charge in [-0.2, -0.15) is 0 Å². The molecular formula is C17H10N2S2. The van der Waals surface area contributed by atoms with E-state index in [1.54, 1.807) is 11.3 Å². The highest BCUT2D eigenvalue weighted by molar-refractivity contribution is 7.99. The maximum absolute atomic E-state index is 4.52. The Morgan fingerprint density at radius 1 is 0.857 bits per heavy atom. The fraction of sp³-hybridized carbons (Fsp3) is 0. The molecule has 0 saturated heterocycles. The van der Waals surface area contributed by atoms with E-state index < -0.39 is 0 Å². The van der Waals surface area contributed by atoms with Crippen molar-refractivity contribution in [1.82, 2.24) is 4.98 Å². The van der Waals surface area contributed by atoms with E-state index in [0.717, 1.165) is 5.52 Å². The number of rotatable bonds is 0. The van der Waals surface area contributed by atoms with Crippen LogP contribution in [0.3, 0.4) is 0 Å². The first-order valence-electron chi connectivity index (χ1n) is 6.73. The van der Waals surface area contributed by atoms with E-state index in [1.165, 1.54) is 36.6 Å². The number of hydrogen-bond donors (Lipinski definition) is 1. The molecule has 0 bridgehead atoms. The lowest BCUT2D eigenvalue weighted by Gasteiger charge is -2.22. The number of fused-ring (bicyclic) bond motifs is 6. The Bertz CT molecular complexity index is 1000. The van der Waals surface area contributed by atoms with E-state index in [2.05, 4.69) is 58.8 Å². The summed E-state index contributed by atoms with van der Waals surface area (Å²) < 4.78 is 1.24. The van der Waals surface area contributed by atoms with Crippen LogP contribution in [0.5, 0.6) is 0 Å². The van der Waals surface area contributed by atoms with Gasteiger partial charge < -0.3 is 5.32 Å². The maximum Gasteiger partial charge on any atom is 0.0891 e. The highest BCUT2D eigenvalue weighted by Gasteiger charge is 2.18. The van der Waals surface area contributed by atoms with Gasteiger partial charge in [0.15, 0.2) is 0 Å². The van der Waals surface area contributed by atoms with Gasteiger partial charge in [0.25, 0.3) is 0 Å². The molecule has 2 nitrogen and oxygen atoms in total. The molecule has 0 unspecified atom stereocenters. The number of nitrogens with one attached hydrogen (secondary N) is 1. The topological polar surface area (TPSA) is 24.9 Å². The lowest BCUT2D eigenvalue weighted by Crippen LogP contribution is -2.00. The minimum Gasteiger partial charge on any atom is -0.353 e. The van der Waals surface area contributed by atoms with Crippen molar-refractivity contribution >= 4 is 55.5 Å². The van der Waals surface area contributed by atoms with Crippen LogP contribution < -0.4 is 5.32 Å². The van der Waals surface area contributed by atoms with Crippen LogP contribution in [0.4, 0.5) is 11.4 Å². The van der Waals surface area contributed by atoms with Gasteiger partial charge in [0, 0.05) is 20.6 Å². The third-order valence-corrected chi connectivity index (χ3v) is 5.76. The quantitative estimate of drug-likeness (QED) is 0.400. The molecule has 1 aliphatic heterocycles. The predicted octanol–water partition coefficient (Wildman–Crippen LogP) is 5.66. The molecule has 100 valence electrons. The molecule has 4 heteroatoms. The molecule has 0 radical (unpaired) electrons. The zero-order valence-electron chi connectivity index (χ0n) is 11.0. The molecule has 0 saturated carbocycles. The third kappa shape index (κ3) is 1.63. The largest absolute Gasteiger partial charge is 0.353 e. The number of nitrogens with zero attached hydrogens (tertiary/aromatic N) is 1. The molecule has 4 aromatic rings. The molecular weight excluding hydrogens is 296 g/mol. The van der Waals surface area contributed by atoms with Crippen molar-refractivity contribution in [3.63, 3.8) is 0 Å². The number of para-hydroxylation sites is 1. The minimum atomic E-state index is 1.10. The monoisotopic (exact) mass is 306 g/mol. The first-order valence-corrected chi connectivity index (χ1v) is 8.42. The SMILES string of the molecule is c1ccc2c(c1)Nc1c(ccc3c1ccc1scnc13)S2. The molecule has 1 N–H and O–H groups in total. The van der Waals surface area contributed by atoms with Crippen LogP contribution in [0.15, 0.2) is 63.8 Å². The van der Waals surface area contributed by atoms with Crippen molar-refractivity contribution in [1.29, 1.82) is 0 Å². The van der Waals surface area contributed by atoms with Crippen LogP contribution in [0.2, 0.25) is 0 Å². The summed E-state index contributed by atoms with van der Waals surface area (Å²) in [5.74, 6) is 0. The van der Waals surface area contributed by atoms with Crippen molar-refractivity contribution in [3.8, 4) is 0 Å². The Hall–Kier alpha value is -2.04. The molecule has 0 spiro atoms. The Kier molecular flexibility index (Phi) is 2.34. The first-order chi connectivity index (χ1) is 10.4. The summed E-state index contributed by atoms with van der Waals surface area (Å²) in [6.07, 6.45) is 0. The average Bonchev–Trinajstić information content (AvgIpc) is 3.01. The van der Waals surface area contributed by atoms with E-state index in [0.29, 0.717) is 0 Å². The van der Waals surface area contributed by atoms with Gasteiger partial charge in [0.2, 0.25) is 0 Å². The summed E-state index contributed by atoms with van der Waals surface area (Å²) in [5, 5.41) is 6.06. The molecule has 2 heterocycles. The fourth-order valence-electron chi connectivity index (χ4n) is 2.84. The number of thiazole rings is 1. The van der Waals surface area contributed by atoms with E-state index in [-0.39, 0.29) is 0 Å². The smallest absolute Gasteiger partial charge is 0.0891 e. The van der Waals surface area contributed by atoms with Crippen LogP contribution >= 0.6 is 23.1 Å². The maximum atomic E-state index is 4.52. The van der Waals surface area contributed by atoms with Gasteiger partial charge in [-0.15, -0.1) is 11.3 Å². The van der Waals surface area contributed by atoms with Crippen molar-refractivity contribution < 1.29 is 0 Å². The average molecular weight is 306 g/mol. The number of benzene rings is 3. The molecule has 0 aliphatic carbocycles. The van der Waals surface area contributed by atoms with E-state index >= 15 is 0 Å².